The van der Waals surface area contributed by atoms with E-state index in [1.807, 2.05) is 0 Å². The van der Waals surface area contributed by atoms with E-state index in [2.05, 4.69) is 15.9 Å². The summed E-state index contributed by atoms with van der Waals surface area (Å²) in [5, 5.41) is 0. The van der Waals surface area contributed by atoms with Gasteiger partial charge >= 0.3 is 0 Å². The summed E-state index contributed by atoms with van der Waals surface area (Å²) in [6, 6.07) is 7.35. The van der Waals surface area contributed by atoms with Crippen LogP contribution >= 0.6 is 15.9 Å². The first-order chi connectivity index (χ1) is 7.20. The van der Waals surface area contributed by atoms with Crippen molar-refractivity contribution in [2.75, 3.05) is 0 Å². The van der Waals surface area contributed by atoms with E-state index < -0.39 is 11.6 Å². The van der Waals surface area contributed by atoms with E-state index in [9.17, 15) is 9.18 Å². The fourth-order valence-corrected chi connectivity index (χ4v) is 1.67. The summed E-state index contributed by atoms with van der Waals surface area (Å²) in [6.45, 7) is 0. The monoisotopic (exact) mass is 268 g/mol. The number of benzene rings is 1. The summed E-state index contributed by atoms with van der Waals surface area (Å²) >= 11 is 3.08. The van der Waals surface area contributed by atoms with Gasteiger partial charge in [-0.2, -0.15) is 0 Å². The number of hydrogen-bond donors (Lipinski definition) is 0. The molecular formula is C11H6BrFO2. The Kier molecular flexibility index (Phi) is 2.68. The van der Waals surface area contributed by atoms with Crippen LogP contribution in [0.3, 0.4) is 0 Å². The first-order valence-electron chi connectivity index (χ1n) is 4.22. The van der Waals surface area contributed by atoms with Crippen LogP contribution in [-0.2, 0) is 0 Å². The Bertz CT molecular complexity index is 505. The van der Waals surface area contributed by atoms with E-state index in [1.165, 1.54) is 30.5 Å². The van der Waals surface area contributed by atoms with Crippen molar-refractivity contribution in [3.8, 4) is 0 Å². The van der Waals surface area contributed by atoms with Crippen LogP contribution in [0, 0.1) is 5.82 Å². The fourth-order valence-electron chi connectivity index (χ4n) is 1.25. The smallest absolute Gasteiger partial charge is 0.200 e. The first kappa shape index (κ1) is 10.1. The maximum Gasteiger partial charge on any atom is 0.200 e. The van der Waals surface area contributed by atoms with Gasteiger partial charge < -0.3 is 4.42 Å². The van der Waals surface area contributed by atoms with Gasteiger partial charge in [0.05, 0.1) is 17.4 Å². The summed E-state index contributed by atoms with van der Waals surface area (Å²) in [5.74, 6) is -0.927. The zero-order valence-electron chi connectivity index (χ0n) is 7.54. The third kappa shape index (κ3) is 1.85. The largest absolute Gasteiger partial charge is 0.457 e. The van der Waals surface area contributed by atoms with Gasteiger partial charge in [-0.25, -0.2) is 4.39 Å². The van der Waals surface area contributed by atoms with Crippen LogP contribution < -0.4 is 0 Å². The summed E-state index contributed by atoms with van der Waals surface area (Å²) in [4.78, 5) is 11.8. The maximum atomic E-state index is 13.3. The molecule has 0 aliphatic heterocycles. The van der Waals surface area contributed by atoms with Gasteiger partial charge in [-0.1, -0.05) is 12.1 Å². The molecule has 0 radical (unpaired) electrons. The predicted molar refractivity (Wildman–Crippen MR) is 56.2 cm³/mol. The van der Waals surface area contributed by atoms with Crippen LogP contribution in [-0.4, -0.2) is 5.78 Å². The van der Waals surface area contributed by atoms with Gasteiger partial charge in [0, 0.05) is 0 Å². The van der Waals surface area contributed by atoms with Gasteiger partial charge in [0.2, 0.25) is 0 Å². The minimum absolute atomic E-state index is 0.0413. The number of halogens is 2. The molecule has 2 nitrogen and oxygen atoms in total. The first-order valence-corrected chi connectivity index (χ1v) is 5.01. The number of hydrogen-bond acceptors (Lipinski definition) is 2. The zero-order chi connectivity index (χ0) is 10.8. The SMILES string of the molecule is O=C(c1ccccc1F)c1ccoc1Br. The molecule has 15 heavy (non-hydrogen) atoms. The topological polar surface area (TPSA) is 30.2 Å². The Morgan fingerprint density at radius 1 is 1.20 bits per heavy atom. The molecule has 0 saturated heterocycles. The minimum Gasteiger partial charge on any atom is -0.457 e. The lowest BCUT2D eigenvalue weighted by atomic mass is 10.1. The molecule has 1 aromatic carbocycles. The fraction of sp³-hybridized carbons (Fsp3) is 0. The Labute approximate surface area is 93.8 Å². The van der Waals surface area contributed by atoms with E-state index in [0.29, 0.717) is 10.2 Å². The van der Waals surface area contributed by atoms with Crippen LogP contribution in [0.4, 0.5) is 4.39 Å². The third-order valence-corrected chi connectivity index (χ3v) is 2.60. The standard InChI is InChI=1S/C11H6BrFO2/c12-11-8(5-6-15-11)10(14)7-3-1-2-4-9(7)13/h1-6H. The molecule has 0 aliphatic carbocycles. The van der Waals surface area contributed by atoms with E-state index in [-0.39, 0.29) is 5.56 Å². The van der Waals surface area contributed by atoms with Gasteiger partial charge in [-0.3, -0.25) is 4.79 Å². The molecule has 4 heteroatoms. The Balaban J connectivity index is 2.46. The van der Waals surface area contributed by atoms with Crippen molar-refractivity contribution < 1.29 is 13.6 Å². The van der Waals surface area contributed by atoms with Crippen LogP contribution in [0.15, 0.2) is 45.7 Å². The summed E-state index contributed by atoms with van der Waals surface area (Å²) in [6.07, 6.45) is 1.37. The van der Waals surface area contributed by atoms with E-state index in [0.717, 1.165) is 0 Å². The second-order valence-electron chi connectivity index (χ2n) is 2.92. The second kappa shape index (κ2) is 3.98. The highest BCUT2D eigenvalue weighted by molar-refractivity contribution is 9.10. The van der Waals surface area contributed by atoms with Gasteiger partial charge in [-0.15, -0.1) is 0 Å². The van der Waals surface area contributed by atoms with Gasteiger partial charge in [-0.05, 0) is 34.1 Å². The van der Waals surface area contributed by atoms with E-state index >= 15 is 0 Å². The lowest BCUT2D eigenvalue weighted by Crippen LogP contribution is -2.03. The molecule has 0 amide bonds. The highest BCUT2D eigenvalue weighted by Gasteiger charge is 2.17. The van der Waals surface area contributed by atoms with Gasteiger partial charge in [0.15, 0.2) is 10.5 Å². The Morgan fingerprint density at radius 3 is 2.53 bits per heavy atom. The van der Waals surface area contributed by atoms with Crippen LogP contribution in [0.5, 0.6) is 0 Å². The lowest BCUT2D eigenvalue weighted by molar-refractivity contribution is 0.103. The highest BCUT2D eigenvalue weighted by atomic mass is 79.9. The molecule has 0 aliphatic rings. The molecule has 0 fully saturated rings. The molecule has 76 valence electrons. The third-order valence-electron chi connectivity index (χ3n) is 1.98. The van der Waals surface area contributed by atoms with E-state index in [4.69, 9.17) is 4.42 Å². The maximum absolute atomic E-state index is 13.3. The molecule has 0 bridgehead atoms. The molecule has 0 spiro atoms. The normalized spacial score (nSPS) is 10.3. The Hall–Kier alpha value is -1.42. The number of furan rings is 1. The molecule has 0 atom stereocenters. The van der Waals surface area contributed by atoms with Crippen LogP contribution in [0.1, 0.15) is 15.9 Å². The number of ketones is 1. The number of rotatable bonds is 2. The van der Waals surface area contributed by atoms with Gasteiger partial charge in [0.25, 0.3) is 0 Å². The Morgan fingerprint density at radius 2 is 1.93 bits per heavy atom. The second-order valence-corrected chi connectivity index (χ2v) is 3.64. The van der Waals surface area contributed by atoms with E-state index in [1.54, 1.807) is 6.07 Å². The molecule has 1 heterocycles. The van der Waals surface area contributed by atoms with Crippen molar-refractivity contribution in [2.45, 2.75) is 0 Å². The summed E-state index contributed by atoms with van der Waals surface area (Å²) in [5.41, 5.74) is 0.361. The predicted octanol–water partition coefficient (Wildman–Crippen LogP) is 3.41. The lowest BCUT2D eigenvalue weighted by Gasteiger charge is -1.99. The molecule has 0 saturated carbocycles. The van der Waals surface area contributed by atoms with Crippen molar-refractivity contribution in [1.29, 1.82) is 0 Å². The molecule has 0 unspecified atom stereocenters. The summed E-state index contributed by atoms with van der Waals surface area (Å²) in [7, 11) is 0. The van der Waals surface area contributed by atoms with Crippen molar-refractivity contribution in [1.82, 2.24) is 0 Å². The molecule has 2 rings (SSSR count). The van der Waals surface area contributed by atoms with Crippen molar-refractivity contribution in [2.24, 2.45) is 0 Å². The molecule has 1 aromatic heterocycles. The van der Waals surface area contributed by atoms with Crippen LogP contribution in [0.25, 0.3) is 0 Å². The molecule has 2 aromatic rings. The van der Waals surface area contributed by atoms with Crippen molar-refractivity contribution in [3.05, 3.63) is 58.2 Å². The average molecular weight is 269 g/mol. The number of carbonyl (C=O) groups is 1. The van der Waals surface area contributed by atoms with Crippen molar-refractivity contribution >= 4 is 21.7 Å². The molecular weight excluding hydrogens is 263 g/mol. The highest BCUT2D eigenvalue weighted by Crippen LogP contribution is 2.22. The zero-order valence-corrected chi connectivity index (χ0v) is 9.12. The quantitative estimate of drug-likeness (QED) is 0.782. The number of carbonyl (C=O) groups excluding carboxylic acids is 1. The van der Waals surface area contributed by atoms with Gasteiger partial charge in [0.1, 0.15) is 5.82 Å². The minimum atomic E-state index is -0.532. The average Bonchev–Trinajstić information content (AvgIpc) is 2.64. The summed E-state index contributed by atoms with van der Waals surface area (Å²) < 4.78 is 18.5. The van der Waals surface area contributed by atoms with Crippen LogP contribution in [0.2, 0.25) is 0 Å². The molecule has 0 N–H and O–H groups in total. The van der Waals surface area contributed by atoms with Crippen molar-refractivity contribution in [3.63, 3.8) is 0 Å².